The topological polar surface area (TPSA) is 209 Å². The number of ether oxygens (including phenoxy) is 3. The molecule has 4 aliphatic heterocycles. The molecule has 0 saturated carbocycles. The number of anilines is 1. The van der Waals surface area contributed by atoms with Gasteiger partial charge in [0.25, 0.3) is 21.9 Å². The molecule has 0 aliphatic carbocycles. The molecule has 1 unspecified atom stereocenters. The molecule has 4 heterocycles. The van der Waals surface area contributed by atoms with Gasteiger partial charge < -0.3 is 28.5 Å². The lowest BCUT2D eigenvalue weighted by Gasteiger charge is -2.44. The van der Waals surface area contributed by atoms with Crippen molar-refractivity contribution in [3.63, 3.8) is 0 Å². The summed E-state index contributed by atoms with van der Waals surface area (Å²) in [7, 11) is -7.69. The van der Waals surface area contributed by atoms with E-state index in [0.29, 0.717) is 65.5 Å². The maximum atomic E-state index is 13.1. The SMILES string of the molecule is COCCOCCN1c2cc3c(cc2C(C)=CC1(C)C)/C(=C/C1=[N+](CCCS(=O)(=O)O)c2ccc(S(=O)(=O)[O-])cc2C1(C)CCCC(=O)ON1C(=O)CCC1=O)C=C(c1ccccc1)O3. The summed E-state index contributed by atoms with van der Waals surface area (Å²) in [6.45, 7) is 10.2. The minimum Gasteiger partial charge on any atom is -0.744 e. The highest BCUT2D eigenvalue weighted by molar-refractivity contribution is 7.86. The van der Waals surface area contributed by atoms with E-state index in [0.717, 1.165) is 28.0 Å². The molecule has 3 aromatic carbocycles. The van der Waals surface area contributed by atoms with Crippen molar-refractivity contribution in [1.29, 1.82) is 0 Å². The van der Waals surface area contributed by atoms with Crippen LogP contribution < -0.4 is 9.64 Å². The molecule has 16 nitrogen and oxygen atoms in total. The van der Waals surface area contributed by atoms with E-state index in [1.54, 1.807) is 7.11 Å². The molecule has 65 heavy (non-hydrogen) atoms. The highest BCUT2D eigenvalue weighted by Gasteiger charge is 2.48. The van der Waals surface area contributed by atoms with E-state index in [-0.39, 0.29) is 50.6 Å². The van der Waals surface area contributed by atoms with Gasteiger partial charge in [0.2, 0.25) is 5.69 Å². The fraction of sp³-hybridized carbons (Fsp3) is 0.404. The van der Waals surface area contributed by atoms with Gasteiger partial charge in [0.05, 0.1) is 41.4 Å². The molecule has 0 aromatic heterocycles. The van der Waals surface area contributed by atoms with Crippen LogP contribution in [-0.2, 0) is 54.3 Å². The number of nitrogens with zero attached hydrogens (tertiary/aromatic N) is 3. The van der Waals surface area contributed by atoms with Crippen molar-refractivity contribution >= 4 is 72.0 Å². The van der Waals surface area contributed by atoms with E-state index in [2.05, 4.69) is 37.8 Å². The minimum atomic E-state index is -4.94. The van der Waals surface area contributed by atoms with Gasteiger partial charge in [-0.1, -0.05) is 36.4 Å². The third-order valence-electron chi connectivity index (χ3n) is 12.2. The molecule has 0 radical (unpaired) electrons. The lowest BCUT2D eigenvalue weighted by Crippen LogP contribution is -2.46. The van der Waals surface area contributed by atoms with Crippen molar-refractivity contribution in [3.8, 4) is 5.75 Å². The number of allylic oxidation sites excluding steroid dienone is 4. The summed E-state index contributed by atoms with van der Waals surface area (Å²) < 4.78 is 90.9. The van der Waals surface area contributed by atoms with Gasteiger partial charge >= 0.3 is 5.97 Å². The standard InChI is InChI=1S/C47H53N3O13S2/c1-31-30-46(2,3)49(20-21-61-23-22-60-5)39-29-41-36(28-35(31)39)33(25-40(62-41)32-11-7-6-8-12-32)26-42-47(4,18-9-13-45(53)63-50-43(51)16-17-44(50)52)37-27-34(65(57,58)59)14-15-38(37)48(42)19-10-24-64(54,55)56/h6-8,11-12,14-15,25-30H,9-10,13,16-24H2,1-5H3,(H-,54,55,56,57,58,59). The Hall–Kier alpha value is -5.50. The Morgan fingerprint density at radius 2 is 1.68 bits per heavy atom. The largest absolute Gasteiger partial charge is 0.744 e. The number of carbonyl (C=O) groups excluding carboxylic acids is 3. The zero-order chi connectivity index (χ0) is 46.9. The monoisotopic (exact) mass is 931 g/mol. The first kappa shape index (κ1) is 47.5. The zero-order valence-corrected chi connectivity index (χ0v) is 38.6. The first-order chi connectivity index (χ1) is 30.7. The number of carbonyl (C=O) groups is 3. The summed E-state index contributed by atoms with van der Waals surface area (Å²) in [4.78, 5) is 44.4. The van der Waals surface area contributed by atoms with E-state index in [4.69, 9.17) is 19.0 Å². The summed E-state index contributed by atoms with van der Waals surface area (Å²) in [5, 5.41) is 0.477. The van der Waals surface area contributed by atoms with Gasteiger partial charge in [-0.05, 0) is 76.0 Å². The first-order valence-electron chi connectivity index (χ1n) is 21.4. The number of hydrogen-bond acceptors (Lipinski definition) is 13. The Balaban J connectivity index is 1.38. The van der Waals surface area contributed by atoms with Crippen molar-refractivity contribution in [2.45, 2.75) is 82.1 Å². The molecule has 7 rings (SSSR count). The number of hydroxylamine groups is 2. The normalized spacial score (nSPS) is 19.8. The number of fused-ring (bicyclic) bond motifs is 3. The van der Waals surface area contributed by atoms with E-state index >= 15 is 0 Å². The number of methoxy groups -OCH3 is 1. The third kappa shape index (κ3) is 10.3. The van der Waals surface area contributed by atoms with Crippen LogP contribution in [0.2, 0.25) is 0 Å². The Labute approximate surface area is 379 Å². The van der Waals surface area contributed by atoms with Crippen LogP contribution in [0.3, 0.4) is 0 Å². The number of benzene rings is 3. The fourth-order valence-corrected chi connectivity index (χ4v) is 10.0. The van der Waals surface area contributed by atoms with Crippen LogP contribution in [0.1, 0.15) is 88.5 Å². The maximum Gasteiger partial charge on any atom is 0.333 e. The second-order valence-electron chi connectivity index (χ2n) is 17.2. The van der Waals surface area contributed by atoms with E-state index < -0.39 is 54.1 Å². The van der Waals surface area contributed by atoms with Gasteiger partial charge in [-0.3, -0.25) is 14.1 Å². The summed E-state index contributed by atoms with van der Waals surface area (Å²) in [6, 6.07) is 17.6. The lowest BCUT2D eigenvalue weighted by atomic mass is 9.74. The predicted molar refractivity (Wildman–Crippen MR) is 241 cm³/mol. The molecule has 2 amide bonds. The summed E-state index contributed by atoms with van der Waals surface area (Å²) in [5.41, 5.74) is 5.10. The third-order valence-corrected chi connectivity index (χ3v) is 13.8. The van der Waals surface area contributed by atoms with E-state index in [1.807, 2.05) is 60.0 Å². The van der Waals surface area contributed by atoms with Crippen LogP contribution in [0.15, 0.2) is 83.8 Å². The molecule has 346 valence electrons. The molecule has 0 spiro atoms. The highest BCUT2D eigenvalue weighted by atomic mass is 32.2. The van der Waals surface area contributed by atoms with Crippen molar-refractivity contribution in [2.75, 3.05) is 50.7 Å². The average molecular weight is 932 g/mol. The molecule has 4 aliphatic rings. The Morgan fingerprint density at radius 3 is 2.35 bits per heavy atom. The second-order valence-corrected chi connectivity index (χ2v) is 20.2. The summed E-state index contributed by atoms with van der Waals surface area (Å²) in [6.07, 6.45) is 5.92. The van der Waals surface area contributed by atoms with Crippen LogP contribution in [0.4, 0.5) is 11.4 Å². The molecular formula is C47H53N3O13S2. The number of hydrogen-bond donors (Lipinski definition) is 1. The van der Waals surface area contributed by atoms with Crippen LogP contribution in [0.5, 0.6) is 5.75 Å². The first-order valence-corrected chi connectivity index (χ1v) is 24.4. The van der Waals surface area contributed by atoms with Crippen LogP contribution >= 0.6 is 0 Å². The predicted octanol–water partition coefficient (Wildman–Crippen LogP) is 6.18. The number of rotatable bonds is 18. The van der Waals surface area contributed by atoms with Crippen LogP contribution in [0, 0.1) is 0 Å². The Morgan fingerprint density at radius 1 is 0.954 bits per heavy atom. The van der Waals surface area contributed by atoms with Gasteiger partial charge in [-0.15, -0.1) is 5.06 Å². The van der Waals surface area contributed by atoms with Gasteiger partial charge in [0.15, 0.2) is 5.71 Å². The van der Waals surface area contributed by atoms with E-state index in [1.165, 1.54) is 18.2 Å². The molecule has 1 saturated heterocycles. The van der Waals surface area contributed by atoms with Gasteiger partial charge in [0, 0.05) is 85.5 Å². The van der Waals surface area contributed by atoms with Crippen molar-refractivity contribution < 1.29 is 63.9 Å². The molecule has 18 heteroatoms. The van der Waals surface area contributed by atoms with Gasteiger partial charge in [-0.2, -0.15) is 13.0 Å². The van der Waals surface area contributed by atoms with Gasteiger partial charge in [0.1, 0.15) is 28.2 Å². The quantitative estimate of drug-likeness (QED) is 0.0654. The van der Waals surface area contributed by atoms with Crippen molar-refractivity contribution in [3.05, 3.63) is 101 Å². The molecule has 1 fully saturated rings. The Bertz CT molecular complexity index is 2740. The minimum absolute atomic E-state index is 0.0318. The number of imide groups is 1. The highest BCUT2D eigenvalue weighted by Crippen LogP contribution is 2.49. The molecular weight excluding hydrogens is 879 g/mol. The molecule has 0 bridgehead atoms. The van der Waals surface area contributed by atoms with Crippen molar-refractivity contribution in [1.82, 2.24) is 5.06 Å². The average Bonchev–Trinajstić information content (AvgIpc) is 3.67. The van der Waals surface area contributed by atoms with Crippen molar-refractivity contribution in [2.24, 2.45) is 0 Å². The molecule has 1 atom stereocenters. The van der Waals surface area contributed by atoms with E-state index in [9.17, 15) is 40.3 Å². The molecule has 3 aromatic rings. The zero-order valence-electron chi connectivity index (χ0n) is 37.0. The summed E-state index contributed by atoms with van der Waals surface area (Å²) >= 11 is 0. The van der Waals surface area contributed by atoms with Crippen LogP contribution in [0.25, 0.3) is 16.9 Å². The second kappa shape index (κ2) is 18.8. The van der Waals surface area contributed by atoms with Gasteiger partial charge in [-0.25, -0.2) is 13.2 Å². The summed E-state index contributed by atoms with van der Waals surface area (Å²) in [5.74, 6) is -1.55. The maximum absolute atomic E-state index is 13.1. The molecule has 1 N–H and O–H groups in total. The fourth-order valence-electron chi connectivity index (χ4n) is 9.05. The van der Waals surface area contributed by atoms with Crippen LogP contribution in [-0.4, -0.2) is 110 Å². The smallest absolute Gasteiger partial charge is 0.333 e. The lowest BCUT2D eigenvalue weighted by molar-refractivity contribution is -0.437. The number of amides is 2. The Kier molecular flexibility index (Phi) is 13.7.